The number of halogens is 1. The van der Waals surface area contributed by atoms with Gasteiger partial charge in [0.2, 0.25) is 5.91 Å². The van der Waals surface area contributed by atoms with Crippen LogP contribution in [0.4, 0.5) is 15.8 Å². The van der Waals surface area contributed by atoms with Crippen LogP contribution in [0.15, 0.2) is 72.8 Å². The summed E-state index contributed by atoms with van der Waals surface area (Å²) in [6.45, 7) is 3.76. The van der Waals surface area contributed by atoms with E-state index < -0.39 is 18.1 Å². The first-order chi connectivity index (χ1) is 15.0. The molecule has 3 atom stereocenters. The molecule has 2 aliphatic rings. The molecule has 6 heteroatoms. The third-order valence-electron chi connectivity index (χ3n) is 6.00. The second-order valence-electron chi connectivity index (χ2n) is 7.96. The Kier molecular flexibility index (Phi) is 4.59. The third kappa shape index (κ3) is 3.02. The van der Waals surface area contributed by atoms with Crippen molar-refractivity contribution in [1.82, 2.24) is 0 Å². The van der Waals surface area contributed by atoms with Gasteiger partial charge in [0.25, 0.3) is 5.91 Å². The largest absolute Gasteiger partial charge is 0.273 e. The third-order valence-corrected chi connectivity index (χ3v) is 6.00. The molecule has 5 rings (SSSR count). The summed E-state index contributed by atoms with van der Waals surface area (Å²) in [5, 5.41) is 1.61. The summed E-state index contributed by atoms with van der Waals surface area (Å²) < 4.78 is 13.6. The zero-order valence-corrected chi connectivity index (χ0v) is 17.2. The number of nitrogens with zero attached hydrogens (tertiary/aromatic N) is 2. The Balaban J connectivity index is 1.61. The number of hydrogen-bond acceptors (Lipinski definition) is 4. The van der Waals surface area contributed by atoms with Crippen LogP contribution in [0.2, 0.25) is 0 Å². The number of rotatable bonds is 3. The second kappa shape index (κ2) is 7.32. The van der Waals surface area contributed by atoms with Crippen LogP contribution in [0, 0.1) is 25.6 Å². The summed E-state index contributed by atoms with van der Waals surface area (Å²) in [5.41, 5.74) is 3.74. The van der Waals surface area contributed by atoms with Gasteiger partial charge in [-0.15, -0.1) is 0 Å². The molecule has 0 unspecified atom stereocenters. The van der Waals surface area contributed by atoms with Crippen LogP contribution in [-0.2, 0) is 14.4 Å². The van der Waals surface area contributed by atoms with E-state index in [1.165, 1.54) is 17.0 Å². The number of carbonyl (C=O) groups is 2. The molecule has 0 N–H and O–H groups in total. The van der Waals surface area contributed by atoms with Crippen molar-refractivity contribution in [2.75, 3.05) is 9.96 Å². The fourth-order valence-corrected chi connectivity index (χ4v) is 4.59. The van der Waals surface area contributed by atoms with E-state index in [9.17, 15) is 14.0 Å². The maximum atomic E-state index is 13.7. The van der Waals surface area contributed by atoms with Crippen molar-refractivity contribution in [2.24, 2.45) is 5.92 Å². The summed E-state index contributed by atoms with van der Waals surface area (Å²) in [6.07, 6.45) is -0.943. The Morgan fingerprint density at radius 3 is 2.10 bits per heavy atom. The summed E-state index contributed by atoms with van der Waals surface area (Å²) in [5.74, 6) is -1.79. The molecule has 0 spiro atoms. The first kappa shape index (κ1) is 19.5. The molecule has 2 saturated heterocycles. The molecule has 5 nitrogen and oxygen atoms in total. The molecular formula is C25H21FN2O3. The highest BCUT2D eigenvalue weighted by atomic mass is 19.1. The molecule has 3 aromatic carbocycles. The van der Waals surface area contributed by atoms with Crippen LogP contribution in [0.1, 0.15) is 22.7 Å². The van der Waals surface area contributed by atoms with Crippen molar-refractivity contribution in [3.8, 4) is 0 Å². The van der Waals surface area contributed by atoms with Gasteiger partial charge in [-0.2, -0.15) is 0 Å². The molecule has 2 amide bonds. The first-order valence-corrected chi connectivity index (χ1v) is 10.2. The molecule has 3 aromatic rings. The van der Waals surface area contributed by atoms with Gasteiger partial charge < -0.3 is 0 Å². The molecule has 0 bridgehead atoms. The number of hydroxylamine groups is 1. The summed E-state index contributed by atoms with van der Waals surface area (Å²) in [4.78, 5) is 34.4. The van der Waals surface area contributed by atoms with Crippen molar-refractivity contribution in [1.29, 1.82) is 0 Å². The van der Waals surface area contributed by atoms with Crippen LogP contribution >= 0.6 is 0 Å². The number of anilines is 2. The topological polar surface area (TPSA) is 49.9 Å². The van der Waals surface area contributed by atoms with Crippen LogP contribution in [0.25, 0.3) is 0 Å². The lowest BCUT2D eigenvalue weighted by atomic mass is 9.90. The lowest BCUT2D eigenvalue weighted by molar-refractivity contribution is -0.126. The predicted molar refractivity (Wildman–Crippen MR) is 115 cm³/mol. The first-order valence-electron chi connectivity index (χ1n) is 10.2. The number of aryl methyl sites for hydroxylation is 2. The molecule has 2 aliphatic heterocycles. The Bertz CT molecular complexity index is 1140. The van der Waals surface area contributed by atoms with Gasteiger partial charge in [-0.05, 0) is 54.8 Å². The van der Waals surface area contributed by atoms with Gasteiger partial charge in [0, 0.05) is 0 Å². The summed E-state index contributed by atoms with van der Waals surface area (Å²) in [6, 6.07) is 20.4. The highest BCUT2D eigenvalue weighted by Crippen LogP contribution is 2.48. The minimum Gasteiger partial charge on any atom is -0.273 e. The fourth-order valence-electron chi connectivity index (χ4n) is 4.59. The van der Waals surface area contributed by atoms with Crippen molar-refractivity contribution < 1.29 is 18.8 Å². The van der Waals surface area contributed by atoms with E-state index in [-0.39, 0.29) is 17.6 Å². The zero-order valence-electron chi connectivity index (χ0n) is 17.2. The number of fused-ring (bicyclic) bond motifs is 1. The van der Waals surface area contributed by atoms with Crippen LogP contribution in [-0.4, -0.2) is 17.9 Å². The van der Waals surface area contributed by atoms with Crippen LogP contribution in [0.5, 0.6) is 0 Å². The lowest BCUT2D eigenvalue weighted by Crippen LogP contribution is -2.38. The van der Waals surface area contributed by atoms with Crippen molar-refractivity contribution >= 4 is 23.2 Å². The van der Waals surface area contributed by atoms with E-state index in [0.29, 0.717) is 11.3 Å². The number of carbonyl (C=O) groups excluding carboxylic acids is 2. The molecule has 0 saturated carbocycles. The van der Waals surface area contributed by atoms with E-state index >= 15 is 0 Å². The normalized spacial score (nSPS) is 22.9. The Labute approximate surface area is 179 Å². The van der Waals surface area contributed by atoms with Gasteiger partial charge >= 0.3 is 0 Å². The Morgan fingerprint density at radius 1 is 0.806 bits per heavy atom. The van der Waals surface area contributed by atoms with Gasteiger partial charge in [0.15, 0.2) is 6.10 Å². The van der Waals surface area contributed by atoms with E-state index in [1.54, 1.807) is 17.2 Å². The molecule has 156 valence electrons. The maximum Gasteiger partial charge on any atom is 0.266 e. The predicted octanol–water partition coefficient (Wildman–Crippen LogP) is 4.49. The van der Waals surface area contributed by atoms with Crippen LogP contribution in [0.3, 0.4) is 0 Å². The van der Waals surface area contributed by atoms with Crippen molar-refractivity contribution in [2.45, 2.75) is 26.0 Å². The fraction of sp³-hybridized carbons (Fsp3) is 0.200. The summed E-state index contributed by atoms with van der Waals surface area (Å²) in [7, 11) is 0. The van der Waals surface area contributed by atoms with Gasteiger partial charge in [0.1, 0.15) is 11.7 Å². The van der Waals surface area contributed by atoms with Crippen LogP contribution < -0.4 is 9.96 Å². The lowest BCUT2D eigenvalue weighted by Gasteiger charge is -2.29. The smallest absolute Gasteiger partial charge is 0.266 e. The van der Waals surface area contributed by atoms with Gasteiger partial charge in [-0.3, -0.25) is 14.4 Å². The zero-order chi connectivity index (χ0) is 21.7. The number of para-hydroxylation sites is 2. The van der Waals surface area contributed by atoms with E-state index in [4.69, 9.17) is 4.84 Å². The number of amides is 2. The molecule has 2 heterocycles. The monoisotopic (exact) mass is 416 g/mol. The highest BCUT2D eigenvalue weighted by molar-refractivity contribution is 6.24. The Morgan fingerprint density at radius 2 is 1.45 bits per heavy atom. The molecular weight excluding hydrogens is 395 g/mol. The van der Waals surface area contributed by atoms with Gasteiger partial charge in [-0.1, -0.05) is 48.5 Å². The van der Waals surface area contributed by atoms with Crippen molar-refractivity contribution in [3.63, 3.8) is 0 Å². The average Bonchev–Trinajstić information content (AvgIpc) is 3.27. The number of benzene rings is 3. The molecule has 2 fully saturated rings. The van der Waals surface area contributed by atoms with Gasteiger partial charge in [0.05, 0.1) is 17.4 Å². The van der Waals surface area contributed by atoms with E-state index in [1.807, 2.05) is 62.4 Å². The van der Waals surface area contributed by atoms with Gasteiger partial charge in [-0.25, -0.2) is 14.4 Å². The highest BCUT2D eigenvalue weighted by Gasteiger charge is 2.60. The second-order valence-corrected chi connectivity index (χ2v) is 7.96. The maximum absolute atomic E-state index is 13.7. The number of hydrogen-bond donors (Lipinski definition) is 0. The van der Waals surface area contributed by atoms with E-state index in [2.05, 4.69) is 0 Å². The quantitative estimate of drug-likeness (QED) is 0.590. The van der Waals surface area contributed by atoms with E-state index in [0.717, 1.165) is 16.8 Å². The molecule has 31 heavy (non-hydrogen) atoms. The minimum absolute atomic E-state index is 0.305. The molecule has 0 aromatic heterocycles. The SMILES string of the molecule is Cc1cccc(C)c1N1C(=O)[C@@H]2[C@@H](ON(c3ccccc3)[C@H]2c2ccc(F)cc2)C1=O. The average molecular weight is 416 g/mol. The number of imide groups is 1. The standard InChI is InChI=1S/C25H21FN2O3/c1-15-7-6-8-16(2)21(15)27-24(29)20-22(17-11-13-18(26)14-12-17)28(31-23(20)25(27)30)19-9-4-3-5-10-19/h3-14,20,22-23H,1-2H3/t20-,22-,23+/m0/s1. The summed E-state index contributed by atoms with van der Waals surface area (Å²) >= 11 is 0. The Hall–Kier alpha value is -3.51. The molecule has 0 aliphatic carbocycles. The minimum atomic E-state index is -0.943. The van der Waals surface area contributed by atoms with Crippen molar-refractivity contribution in [3.05, 3.63) is 95.3 Å². The molecule has 0 radical (unpaired) electrons.